The molecule has 0 radical (unpaired) electrons. The van der Waals surface area contributed by atoms with Gasteiger partial charge in [-0.25, -0.2) is 9.98 Å². The molecule has 7 nitrogen and oxygen atoms in total. The van der Waals surface area contributed by atoms with Gasteiger partial charge in [-0.1, -0.05) is 30.6 Å². The number of aromatic nitrogens is 2. The van der Waals surface area contributed by atoms with Crippen molar-refractivity contribution in [3.63, 3.8) is 0 Å². The Bertz CT molecular complexity index is 810. The molecule has 1 fully saturated rings. The molecule has 30 heavy (non-hydrogen) atoms. The average Bonchev–Trinajstić information content (AvgIpc) is 3.38. The number of anilines is 1. The molecular formula is C21H32ClIN6O. The van der Waals surface area contributed by atoms with Gasteiger partial charge in [0, 0.05) is 43.9 Å². The highest BCUT2D eigenvalue weighted by atomic mass is 127. The fourth-order valence-electron chi connectivity index (χ4n) is 3.65. The molecule has 1 aliphatic heterocycles. The highest BCUT2D eigenvalue weighted by Gasteiger charge is 2.25. The van der Waals surface area contributed by atoms with E-state index < -0.39 is 0 Å². The third kappa shape index (κ3) is 6.47. The number of nitrogens with zero attached hydrogens (tertiary/aromatic N) is 4. The lowest BCUT2D eigenvalue weighted by atomic mass is 9.99. The monoisotopic (exact) mass is 546 g/mol. The van der Waals surface area contributed by atoms with Crippen molar-refractivity contribution in [1.29, 1.82) is 0 Å². The third-order valence-corrected chi connectivity index (χ3v) is 5.58. The number of nitrogens with one attached hydrogen (secondary N) is 2. The first kappa shape index (κ1) is 24.7. The summed E-state index contributed by atoms with van der Waals surface area (Å²) in [6.07, 6.45) is 4.90. The van der Waals surface area contributed by atoms with E-state index in [0.29, 0.717) is 17.5 Å². The molecule has 3 rings (SSSR count). The van der Waals surface area contributed by atoms with Gasteiger partial charge in [-0.3, -0.25) is 0 Å². The zero-order chi connectivity index (χ0) is 20.6. The normalized spacial score (nSPS) is 16.6. The summed E-state index contributed by atoms with van der Waals surface area (Å²) in [6.45, 7) is 9.42. The van der Waals surface area contributed by atoms with Gasteiger partial charge < -0.3 is 20.1 Å². The van der Waals surface area contributed by atoms with Gasteiger partial charge in [-0.15, -0.1) is 24.0 Å². The third-order valence-electron chi connectivity index (χ3n) is 5.29. The van der Waals surface area contributed by atoms with Crippen LogP contribution in [0.5, 0.6) is 0 Å². The Balaban J connectivity index is 0.00000320. The smallest absolute Gasteiger partial charge is 0.191 e. The number of hydrogen-bond donors (Lipinski definition) is 2. The minimum absolute atomic E-state index is 0. The van der Waals surface area contributed by atoms with Crippen molar-refractivity contribution in [3.8, 4) is 0 Å². The van der Waals surface area contributed by atoms with Gasteiger partial charge >= 0.3 is 0 Å². The van der Waals surface area contributed by atoms with Gasteiger partial charge in [-0.05, 0) is 38.3 Å². The second-order valence-electron chi connectivity index (χ2n) is 7.31. The highest BCUT2D eigenvalue weighted by Crippen LogP contribution is 2.26. The fraction of sp³-hybridized carbons (Fsp3) is 0.571. The molecule has 0 saturated carbocycles. The molecular weight excluding hydrogens is 515 g/mol. The van der Waals surface area contributed by atoms with E-state index >= 15 is 0 Å². The van der Waals surface area contributed by atoms with Crippen LogP contribution in [-0.2, 0) is 6.54 Å². The van der Waals surface area contributed by atoms with E-state index in [1.54, 1.807) is 6.20 Å². The zero-order valence-electron chi connectivity index (χ0n) is 17.9. The molecule has 2 aromatic heterocycles. The molecule has 1 saturated heterocycles. The fourth-order valence-corrected chi connectivity index (χ4v) is 3.89. The van der Waals surface area contributed by atoms with Crippen LogP contribution in [0.1, 0.15) is 57.4 Å². The van der Waals surface area contributed by atoms with Crippen LogP contribution in [-0.4, -0.2) is 41.8 Å². The van der Waals surface area contributed by atoms with Gasteiger partial charge in [0.1, 0.15) is 12.4 Å². The molecule has 0 aromatic carbocycles. The predicted molar refractivity (Wildman–Crippen MR) is 133 cm³/mol. The van der Waals surface area contributed by atoms with Crippen molar-refractivity contribution in [2.24, 2.45) is 4.99 Å². The number of aliphatic imine (C=N–C) groups is 1. The summed E-state index contributed by atoms with van der Waals surface area (Å²) < 4.78 is 5.49. The molecule has 0 bridgehead atoms. The lowest BCUT2D eigenvalue weighted by molar-refractivity contribution is 0.372. The SMILES string of the molecule is CCNC(=NCc1cc(C(CC)CC)no1)NC1CCN(c2ncccc2Cl)C1.I. The molecule has 2 aromatic rings. The van der Waals surface area contributed by atoms with Crippen molar-refractivity contribution in [2.75, 3.05) is 24.5 Å². The van der Waals surface area contributed by atoms with Crippen LogP contribution in [0.4, 0.5) is 5.82 Å². The number of halogens is 2. The van der Waals surface area contributed by atoms with Crippen LogP contribution < -0.4 is 15.5 Å². The molecule has 3 heterocycles. The Labute approximate surface area is 201 Å². The van der Waals surface area contributed by atoms with Crippen LogP contribution in [0.2, 0.25) is 5.02 Å². The van der Waals surface area contributed by atoms with Crippen LogP contribution in [0.15, 0.2) is 33.9 Å². The first-order chi connectivity index (χ1) is 14.1. The van der Waals surface area contributed by atoms with Gasteiger partial charge in [-0.2, -0.15) is 0 Å². The van der Waals surface area contributed by atoms with Crippen LogP contribution in [0.3, 0.4) is 0 Å². The Morgan fingerprint density at radius 3 is 2.87 bits per heavy atom. The molecule has 0 amide bonds. The largest absolute Gasteiger partial charge is 0.359 e. The maximum Gasteiger partial charge on any atom is 0.191 e. The Morgan fingerprint density at radius 1 is 1.37 bits per heavy atom. The van der Waals surface area contributed by atoms with Crippen molar-refractivity contribution in [2.45, 2.75) is 58.5 Å². The Hall–Kier alpha value is -1.55. The molecule has 9 heteroatoms. The van der Waals surface area contributed by atoms with E-state index in [9.17, 15) is 0 Å². The second-order valence-corrected chi connectivity index (χ2v) is 7.72. The van der Waals surface area contributed by atoms with E-state index in [-0.39, 0.29) is 30.0 Å². The summed E-state index contributed by atoms with van der Waals surface area (Å²) in [5, 5.41) is 11.8. The molecule has 166 valence electrons. The Morgan fingerprint density at radius 2 is 2.17 bits per heavy atom. The number of rotatable bonds is 8. The quantitative estimate of drug-likeness (QED) is 0.287. The summed E-state index contributed by atoms with van der Waals surface area (Å²) in [5.41, 5.74) is 1.02. The summed E-state index contributed by atoms with van der Waals surface area (Å²) in [7, 11) is 0. The molecule has 1 aliphatic rings. The average molecular weight is 547 g/mol. The van der Waals surface area contributed by atoms with E-state index in [1.165, 1.54) is 0 Å². The number of hydrogen-bond acceptors (Lipinski definition) is 5. The van der Waals surface area contributed by atoms with Gasteiger partial charge in [0.05, 0.1) is 10.7 Å². The molecule has 1 atom stereocenters. The van der Waals surface area contributed by atoms with E-state index in [2.05, 4.69) is 51.4 Å². The highest BCUT2D eigenvalue weighted by molar-refractivity contribution is 14.0. The van der Waals surface area contributed by atoms with Crippen molar-refractivity contribution in [1.82, 2.24) is 20.8 Å². The molecule has 0 spiro atoms. The maximum atomic E-state index is 6.29. The first-order valence-electron chi connectivity index (χ1n) is 10.5. The number of guanidine groups is 1. The van der Waals surface area contributed by atoms with Gasteiger partial charge in [0.15, 0.2) is 11.7 Å². The number of pyridine rings is 1. The van der Waals surface area contributed by atoms with Crippen molar-refractivity contribution in [3.05, 3.63) is 40.9 Å². The van der Waals surface area contributed by atoms with E-state index in [0.717, 1.165) is 62.1 Å². The summed E-state index contributed by atoms with van der Waals surface area (Å²) >= 11 is 6.29. The van der Waals surface area contributed by atoms with Gasteiger partial charge in [0.2, 0.25) is 0 Å². The van der Waals surface area contributed by atoms with Crippen LogP contribution >= 0.6 is 35.6 Å². The van der Waals surface area contributed by atoms with Crippen molar-refractivity contribution < 1.29 is 4.52 Å². The maximum absolute atomic E-state index is 6.29. The van der Waals surface area contributed by atoms with Crippen molar-refractivity contribution >= 4 is 47.4 Å². The lowest BCUT2D eigenvalue weighted by Gasteiger charge is -2.20. The Kier molecular flexibility index (Phi) is 10.2. The summed E-state index contributed by atoms with van der Waals surface area (Å²) in [6, 6.07) is 6.04. The second kappa shape index (κ2) is 12.3. The molecule has 2 N–H and O–H groups in total. The van der Waals surface area contributed by atoms with E-state index in [4.69, 9.17) is 16.1 Å². The van der Waals surface area contributed by atoms with Crippen LogP contribution in [0.25, 0.3) is 0 Å². The van der Waals surface area contributed by atoms with E-state index in [1.807, 2.05) is 18.2 Å². The minimum Gasteiger partial charge on any atom is -0.359 e. The standard InChI is InChI=1S/C21H31ClN6O.HI/c1-4-15(5-2)19-12-17(29-27-19)13-25-21(23-6-3)26-16-9-11-28(14-16)20-18(22)8-7-10-24-20;/h7-8,10,12,15-16H,4-6,9,11,13-14H2,1-3H3,(H2,23,25,26);1H. The van der Waals surface area contributed by atoms with Crippen LogP contribution in [0, 0.1) is 0 Å². The minimum atomic E-state index is 0. The molecule has 0 aliphatic carbocycles. The lowest BCUT2D eigenvalue weighted by Crippen LogP contribution is -2.44. The zero-order valence-corrected chi connectivity index (χ0v) is 21.0. The van der Waals surface area contributed by atoms with Gasteiger partial charge in [0.25, 0.3) is 0 Å². The predicted octanol–water partition coefficient (Wildman–Crippen LogP) is 4.58. The summed E-state index contributed by atoms with van der Waals surface area (Å²) in [5.74, 6) is 2.87. The summed E-state index contributed by atoms with van der Waals surface area (Å²) in [4.78, 5) is 11.3. The molecule has 1 unspecified atom stereocenters. The first-order valence-corrected chi connectivity index (χ1v) is 10.9. The topological polar surface area (TPSA) is 78.6 Å².